The van der Waals surface area contributed by atoms with Crippen LogP contribution in [0.2, 0.25) is 0 Å². The first-order chi connectivity index (χ1) is 10.2. The van der Waals surface area contributed by atoms with Gasteiger partial charge in [-0.05, 0) is 46.3 Å². The number of nitrogen functional groups attached to an aromatic ring is 1. The highest BCUT2D eigenvalue weighted by Crippen LogP contribution is 2.28. The molecule has 0 radical (unpaired) electrons. The Morgan fingerprint density at radius 1 is 1.24 bits per heavy atom. The maximum atomic E-state index is 12.2. The van der Waals surface area contributed by atoms with Gasteiger partial charge < -0.3 is 5.32 Å². The molecule has 21 heavy (non-hydrogen) atoms. The average Bonchev–Trinajstić information content (AvgIpc) is 2.90. The first kappa shape index (κ1) is 14.0. The van der Waals surface area contributed by atoms with Crippen LogP contribution in [0.4, 0.5) is 10.8 Å². The van der Waals surface area contributed by atoms with Crippen LogP contribution in [0.1, 0.15) is 10.4 Å². The van der Waals surface area contributed by atoms with Crippen molar-refractivity contribution in [3.63, 3.8) is 0 Å². The summed E-state index contributed by atoms with van der Waals surface area (Å²) in [5, 5.41) is 3.51. The normalized spacial score (nSPS) is 10.6. The van der Waals surface area contributed by atoms with Crippen molar-refractivity contribution in [2.45, 2.75) is 0 Å². The largest absolute Gasteiger partial charge is 0.322 e. The molecule has 0 aliphatic carbocycles. The lowest BCUT2D eigenvalue weighted by Crippen LogP contribution is -2.12. The molecule has 106 valence electrons. The number of hydrogen-bond donors (Lipinski definition) is 3. The Labute approximate surface area is 133 Å². The molecule has 0 saturated carbocycles. The van der Waals surface area contributed by atoms with Gasteiger partial charge in [-0.2, -0.15) is 0 Å². The van der Waals surface area contributed by atoms with Gasteiger partial charge in [0.1, 0.15) is 0 Å². The lowest BCUT2D eigenvalue weighted by molar-refractivity contribution is 0.102. The van der Waals surface area contributed by atoms with E-state index in [0.717, 1.165) is 20.4 Å². The molecule has 0 spiro atoms. The minimum atomic E-state index is -0.163. The molecule has 0 fully saturated rings. The summed E-state index contributed by atoms with van der Waals surface area (Å²) in [5.41, 5.74) is 4.67. The molecule has 4 N–H and O–H groups in total. The van der Waals surface area contributed by atoms with Crippen LogP contribution in [0.5, 0.6) is 0 Å². The summed E-state index contributed by atoms with van der Waals surface area (Å²) in [4.78, 5) is 16.5. The first-order valence-corrected chi connectivity index (χ1v) is 7.71. The van der Waals surface area contributed by atoms with E-state index in [1.54, 1.807) is 6.07 Å². The smallest absolute Gasteiger partial charge is 0.256 e. The Hall–Kier alpha value is -1.96. The van der Waals surface area contributed by atoms with Gasteiger partial charge in [0.05, 0.1) is 15.8 Å². The van der Waals surface area contributed by atoms with Crippen molar-refractivity contribution in [3.8, 4) is 0 Å². The SMILES string of the molecule is NNc1nc2ccc(NC(=O)c3ccccc3Br)cc2s1. The number of hydrazine groups is 1. The van der Waals surface area contributed by atoms with Crippen molar-refractivity contribution < 1.29 is 4.79 Å². The number of benzene rings is 2. The lowest BCUT2D eigenvalue weighted by atomic mass is 10.2. The fraction of sp³-hybridized carbons (Fsp3) is 0. The van der Waals surface area contributed by atoms with Gasteiger partial charge in [0.15, 0.2) is 5.13 Å². The van der Waals surface area contributed by atoms with Gasteiger partial charge in [0.25, 0.3) is 5.91 Å². The highest BCUT2D eigenvalue weighted by molar-refractivity contribution is 9.10. The van der Waals surface area contributed by atoms with E-state index < -0.39 is 0 Å². The number of nitrogens with zero attached hydrogens (tertiary/aromatic N) is 1. The molecule has 7 heteroatoms. The fourth-order valence-electron chi connectivity index (χ4n) is 1.91. The molecule has 5 nitrogen and oxygen atoms in total. The van der Waals surface area contributed by atoms with E-state index in [1.165, 1.54) is 11.3 Å². The van der Waals surface area contributed by atoms with Gasteiger partial charge >= 0.3 is 0 Å². The molecule has 0 atom stereocenters. The van der Waals surface area contributed by atoms with Gasteiger partial charge in [-0.3, -0.25) is 10.2 Å². The zero-order chi connectivity index (χ0) is 14.8. The van der Waals surface area contributed by atoms with Crippen LogP contribution in [0.25, 0.3) is 10.2 Å². The fourth-order valence-corrected chi connectivity index (χ4v) is 3.19. The van der Waals surface area contributed by atoms with E-state index in [-0.39, 0.29) is 5.91 Å². The number of anilines is 2. The van der Waals surface area contributed by atoms with Crippen LogP contribution in [0.3, 0.4) is 0 Å². The zero-order valence-electron chi connectivity index (χ0n) is 10.8. The molecule has 0 unspecified atom stereocenters. The maximum absolute atomic E-state index is 12.2. The monoisotopic (exact) mass is 362 g/mol. The van der Waals surface area contributed by atoms with Gasteiger partial charge in [0.2, 0.25) is 0 Å². The summed E-state index contributed by atoms with van der Waals surface area (Å²) >= 11 is 4.80. The number of carbonyl (C=O) groups excluding carboxylic acids is 1. The predicted molar refractivity (Wildman–Crippen MR) is 89.5 cm³/mol. The summed E-state index contributed by atoms with van der Waals surface area (Å²) < 4.78 is 1.71. The number of hydrogen-bond acceptors (Lipinski definition) is 5. The third-order valence-corrected chi connectivity index (χ3v) is 4.53. The topological polar surface area (TPSA) is 80.0 Å². The summed E-state index contributed by atoms with van der Waals surface area (Å²) in [7, 11) is 0. The molecule has 1 aromatic heterocycles. The second-order valence-electron chi connectivity index (χ2n) is 4.28. The number of aromatic nitrogens is 1. The highest BCUT2D eigenvalue weighted by atomic mass is 79.9. The standard InChI is InChI=1S/C14H11BrN4OS/c15-10-4-2-1-3-9(10)13(20)17-8-5-6-11-12(7-8)21-14(18-11)19-16/h1-7H,16H2,(H,17,20)(H,18,19). The molecular weight excluding hydrogens is 352 g/mol. The van der Waals surface area contributed by atoms with E-state index in [2.05, 4.69) is 31.7 Å². The van der Waals surface area contributed by atoms with Crippen molar-refractivity contribution in [3.05, 3.63) is 52.5 Å². The molecule has 3 aromatic rings. The maximum Gasteiger partial charge on any atom is 0.256 e. The number of rotatable bonds is 3. The quantitative estimate of drug-likeness (QED) is 0.491. The molecule has 0 saturated heterocycles. The van der Waals surface area contributed by atoms with Gasteiger partial charge in [-0.1, -0.05) is 23.5 Å². The highest BCUT2D eigenvalue weighted by Gasteiger charge is 2.10. The van der Waals surface area contributed by atoms with Crippen LogP contribution in [0.15, 0.2) is 46.9 Å². The third-order valence-electron chi connectivity index (χ3n) is 2.89. The summed E-state index contributed by atoms with van der Waals surface area (Å²) in [6, 6.07) is 12.8. The summed E-state index contributed by atoms with van der Waals surface area (Å²) in [6.45, 7) is 0. The van der Waals surface area contributed by atoms with Gasteiger partial charge in [0, 0.05) is 10.2 Å². The summed E-state index contributed by atoms with van der Waals surface area (Å²) in [5.74, 6) is 5.18. The van der Waals surface area contributed by atoms with Crippen LogP contribution < -0.4 is 16.6 Å². The summed E-state index contributed by atoms with van der Waals surface area (Å²) in [6.07, 6.45) is 0. The molecule has 2 aromatic carbocycles. The molecule has 0 aliphatic rings. The number of nitrogens with one attached hydrogen (secondary N) is 2. The Morgan fingerprint density at radius 2 is 2.05 bits per heavy atom. The van der Waals surface area contributed by atoms with E-state index in [9.17, 15) is 4.79 Å². The van der Waals surface area contributed by atoms with Crippen LogP contribution in [-0.2, 0) is 0 Å². The van der Waals surface area contributed by atoms with Crippen molar-refractivity contribution in [2.24, 2.45) is 5.84 Å². The zero-order valence-corrected chi connectivity index (χ0v) is 13.2. The molecular formula is C14H11BrN4OS. The second-order valence-corrected chi connectivity index (χ2v) is 6.16. The first-order valence-electron chi connectivity index (χ1n) is 6.10. The molecule has 0 bridgehead atoms. The van der Waals surface area contributed by atoms with Crippen LogP contribution in [-0.4, -0.2) is 10.9 Å². The van der Waals surface area contributed by atoms with E-state index in [0.29, 0.717) is 10.7 Å². The number of amides is 1. The Morgan fingerprint density at radius 3 is 2.81 bits per heavy atom. The third kappa shape index (κ3) is 2.90. The molecule has 1 heterocycles. The number of thiazole rings is 1. The molecule has 0 aliphatic heterocycles. The van der Waals surface area contributed by atoms with Crippen molar-refractivity contribution >= 4 is 54.2 Å². The van der Waals surface area contributed by atoms with E-state index in [4.69, 9.17) is 5.84 Å². The average molecular weight is 363 g/mol. The minimum absolute atomic E-state index is 0.163. The van der Waals surface area contributed by atoms with E-state index >= 15 is 0 Å². The molecule has 1 amide bonds. The van der Waals surface area contributed by atoms with Gasteiger partial charge in [-0.15, -0.1) is 0 Å². The van der Waals surface area contributed by atoms with E-state index in [1.807, 2.05) is 36.4 Å². The Balaban J connectivity index is 1.87. The van der Waals surface area contributed by atoms with Crippen LogP contribution >= 0.6 is 27.3 Å². The number of carbonyl (C=O) groups is 1. The lowest BCUT2D eigenvalue weighted by Gasteiger charge is -2.06. The predicted octanol–water partition coefficient (Wildman–Crippen LogP) is 3.60. The van der Waals surface area contributed by atoms with Crippen molar-refractivity contribution in [1.29, 1.82) is 0 Å². The Kier molecular flexibility index (Phi) is 3.87. The number of nitrogens with two attached hydrogens (primary N) is 1. The minimum Gasteiger partial charge on any atom is -0.322 e. The number of fused-ring (bicyclic) bond motifs is 1. The van der Waals surface area contributed by atoms with Gasteiger partial charge in [-0.25, -0.2) is 10.8 Å². The molecule has 3 rings (SSSR count). The van der Waals surface area contributed by atoms with Crippen molar-refractivity contribution in [2.75, 3.05) is 10.7 Å². The Bertz CT molecular complexity index is 818. The second kappa shape index (κ2) is 5.80. The van der Waals surface area contributed by atoms with Crippen LogP contribution in [0, 0.1) is 0 Å². The number of halogens is 1. The van der Waals surface area contributed by atoms with Crippen molar-refractivity contribution in [1.82, 2.24) is 4.98 Å².